The van der Waals surface area contributed by atoms with Crippen molar-refractivity contribution in [1.29, 1.82) is 0 Å². The van der Waals surface area contributed by atoms with Crippen molar-refractivity contribution < 1.29 is 62.1 Å². The molecule has 1 saturated heterocycles. The molecule has 4 atom stereocenters. The lowest BCUT2D eigenvalue weighted by Crippen LogP contribution is -2.52. The number of carbonyl (C=O) groups is 9. The molecule has 24 heteroatoms. The number of imide groups is 1. The number of benzene rings is 2. The van der Waals surface area contributed by atoms with Crippen molar-refractivity contribution in [2.45, 2.75) is 108 Å². The fourth-order valence-electron chi connectivity index (χ4n) is 10.2. The average molecular weight is 1050 g/mol. The molecule has 0 bridgehead atoms. The van der Waals surface area contributed by atoms with Gasteiger partial charge < -0.3 is 51.0 Å². The minimum atomic E-state index is -2.05. The molecule has 0 spiro atoms. The minimum absolute atomic E-state index is 0.0388. The topological polar surface area (TPSA) is 303 Å². The van der Waals surface area contributed by atoms with E-state index in [2.05, 4.69) is 31.9 Å². The van der Waals surface area contributed by atoms with Crippen LogP contribution < -0.4 is 37.5 Å². The van der Waals surface area contributed by atoms with Gasteiger partial charge in [0, 0.05) is 54.2 Å². The Morgan fingerprint density at radius 2 is 1.63 bits per heavy atom. The fraction of sp³-hybridized carbons (Fsp3) is 0.442. The maximum Gasteiger partial charge on any atom is 0.343 e. The van der Waals surface area contributed by atoms with Gasteiger partial charge in [-0.1, -0.05) is 43.7 Å². The minimum Gasteiger partial charge on any atom is -0.458 e. The van der Waals surface area contributed by atoms with E-state index < -0.39 is 103 Å². The first-order valence-corrected chi connectivity index (χ1v) is 25.3. The lowest BCUT2D eigenvalue weighted by molar-refractivity contribution is -0.172. The summed E-state index contributed by atoms with van der Waals surface area (Å²) in [5.41, 5.74) is 1.85. The van der Waals surface area contributed by atoms with Gasteiger partial charge in [-0.15, -0.1) is 0 Å². The van der Waals surface area contributed by atoms with Gasteiger partial charge in [0.15, 0.2) is 5.60 Å². The van der Waals surface area contributed by atoms with Gasteiger partial charge in [0.1, 0.15) is 39.6 Å². The third kappa shape index (κ3) is 11.7. The maximum atomic E-state index is 15.4. The van der Waals surface area contributed by atoms with Crippen LogP contribution in [0, 0.1) is 12.7 Å². The number of amides is 8. The summed E-state index contributed by atoms with van der Waals surface area (Å²) in [6.07, 6.45) is 2.70. The molecule has 8 rings (SSSR count). The summed E-state index contributed by atoms with van der Waals surface area (Å²) < 4.78 is 27.5. The molecule has 4 aliphatic rings. The normalized spacial score (nSPS) is 18.5. The smallest absolute Gasteiger partial charge is 0.343 e. The highest BCUT2D eigenvalue weighted by Crippen LogP contribution is 2.46. The molecule has 1 aliphatic carbocycles. The molecule has 4 aromatic rings. The predicted molar refractivity (Wildman–Crippen MR) is 271 cm³/mol. The van der Waals surface area contributed by atoms with Crippen LogP contribution in [0.15, 0.2) is 47.3 Å². The number of nitrogens with zero attached hydrogens (tertiary/aromatic N) is 3. The summed E-state index contributed by atoms with van der Waals surface area (Å²) in [6, 6.07) is 9.84. The van der Waals surface area contributed by atoms with Gasteiger partial charge in [-0.3, -0.25) is 48.1 Å². The summed E-state index contributed by atoms with van der Waals surface area (Å²) in [7, 11) is 1.71. The Labute approximate surface area is 436 Å². The van der Waals surface area contributed by atoms with E-state index in [1.54, 1.807) is 58.1 Å². The highest BCUT2D eigenvalue weighted by atomic mass is 19.1. The summed E-state index contributed by atoms with van der Waals surface area (Å²) in [5, 5.41) is 27.4. The molecule has 0 radical (unpaired) electrons. The zero-order valence-corrected chi connectivity index (χ0v) is 42.4. The standard InChI is InChI=1S/C52H59BFN9O13/c1-3-52(74)32-17-38-47-30(23-63(38)49(71)31(32)24-76-51(52)73)46-35(14-13-29-27(2)34(54)19-36(61-47)45(29)46)59-43(68)25-75-26-58-41(66)21-57-48(70)37(16-28-10-6-4-7-11-28)60-42(67)22-56-40(65)20-55-39(64)12-8-5-9-15-62-44(69)18-33(53)50(62)72/h4,6-7,10-11,17,19,33,35,37,74H,3,5,8-9,12-16,18,20-26,53H2,1-2H3,(H,55,64)(H,56,65)(H,57,70)(H,58,66)(H,59,68)(H,60,67)/t33?,35-,37-,52-/m0/s1. The van der Waals surface area contributed by atoms with Gasteiger partial charge in [-0.2, -0.15) is 0 Å². The van der Waals surface area contributed by atoms with E-state index in [-0.39, 0.29) is 67.6 Å². The number of pyridine rings is 2. The largest absolute Gasteiger partial charge is 0.458 e. The van der Waals surface area contributed by atoms with Crippen LogP contribution in [0.5, 0.6) is 0 Å². The Balaban J connectivity index is 0.800. The second kappa shape index (κ2) is 23.4. The van der Waals surface area contributed by atoms with Gasteiger partial charge in [-0.25, -0.2) is 14.2 Å². The quantitative estimate of drug-likeness (QED) is 0.0152. The van der Waals surface area contributed by atoms with Crippen LogP contribution in [0.3, 0.4) is 0 Å². The van der Waals surface area contributed by atoms with Crippen molar-refractivity contribution in [3.05, 3.63) is 97.6 Å². The molecule has 1 unspecified atom stereocenters. The molecule has 7 N–H and O–H groups in total. The van der Waals surface area contributed by atoms with E-state index in [0.29, 0.717) is 83.2 Å². The lowest BCUT2D eigenvalue weighted by Gasteiger charge is -2.31. The van der Waals surface area contributed by atoms with Crippen molar-refractivity contribution in [2.24, 2.45) is 0 Å². The van der Waals surface area contributed by atoms with Gasteiger partial charge in [-0.05, 0) is 67.3 Å². The van der Waals surface area contributed by atoms with Crippen molar-refractivity contribution >= 4 is 72.0 Å². The highest BCUT2D eigenvalue weighted by molar-refractivity contribution is 6.29. The number of aliphatic hydroxyl groups is 1. The number of halogens is 1. The number of aryl methyl sites for hydroxylation is 1. The number of unbranched alkanes of at least 4 members (excludes halogenated alkanes) is 2. The Morgan fingerprint density at radius 3 is 2.37 bits per heavy atom. The molecule has 5 heterocycles. The molecule has 0 saturated carbocycles. The monoisotopic (exact) mass is 1050 g/mol. The van der Waals surface area contributed by atoms with Crippen LogP contribution in [0.2, 0.25) is 5.82 Å². The maximum absolute atomic E-state index is 15.4. The third-order valence-corrected chi connectivity index (χ3v) is 14.3. The Kier molecular flexibility index (Phi) is 16.7. The van der Waals surface area contributed by atoms with Crippen LogP contribution in [0.4, 0.5) is 4.39 Å². The number of ether oxygens (including phenoxy) is 2. The van der Waals surface area contributed by atoms with Crippen molar-refractivity contribution in [3.8, 4) is 11.4 Å². The van der Waals surface area contributed by atoms with Crippen LogP contribution in [-0.4, -0.2) is 126 Å². The van der Waals surface area contributed by atoms with Crippen LogP contribution >= 0.6 is 0 Å². The van der Waals surface area contributed by atoms with E-state index in [9.17, 15) is 53.1 Å². The van der Waals surface area contributed by atoms with Crippen LogP contribution in [-0.2, 0) is 84.2 Å². The summed E-state index contributed by atoms with van der Waals surface area (Å²) in [4.78, 5) is 134. The number of cyclic esters (lactones) is 1. The highest BCUT2D eigenvalue weighted by Gasteiger charge is 2.46. The number of esters is 1. The summed E-state index contributed by atoms with van der Waals surface area (Å²) in [5.74, 6) is -5.72. The number of fused-ring (bicyclic) bond motifs is 5. The van der Waals surface area contributed by atoms with Gasteiger partial charge in [0.05, 0.1) is 54.7 Å². The predicted octanol–water partition coefficient (Wildman–Crippen LogP) is -0.462. The Bertz CT molecular complexity index is 3100. The zero-order chi connectivity index (χ0) is 54.4. The SMILES string of the molecule is BC1CC(=O)N(CCCCCC(=O)NCC(=O)NCC(=O)N[C@@H](Cc2ccccc2)C(=O)NCC(=O)NCOCC(=O)N[C@H]2CCc3c(C)c(F)cc4nc5c(c2c34)Cn2c-5cc3c(c2=O)COC(=O)[C@]3(O)CC)C1=O. The zero-order valence-electron chi connectivity index (χ0n) is 42.4. The third-order valence-electron chi connectivity index (χ3n) is 14.3. The van der Waals surface area contributed by atoms with E-state index in [1.807, 2.05) is 0 Å². The molecule has 76 heavy (non-hydrogen) atoms. The lowest BCUT2D eigenvalue weighted by atomic mass is 9.81. The molecule has 1 fully saturated rings. The van der Waals surface area contributed by atoms with Crippen molar-refractivity contribution in [3.63, 3.8) is 0 Å². The van der Waals surface area contributed by atoms with E-state index in [4.69, 9.17) is 14.5 Å². The fourth-order valence-corrected chi connectivity index (χ4v) is 10.2. The molecule has 3 aliphatic heterocycles. The number of carbonyl (C=O) groups excluding carboxylic acids is 9. The van der Waals surface area contributed by atoms with Crippen molar-refractivity contribution in [2.75, 3.05) is 39.5 Å². The molecular weight excluding hydrogens is 988 g/mol. The number of rotatable bonds is 22. The first kappa shape index (κ1) is 54.4. The second-order valence-corrected chi connectivity index (χ2v) is 19.4. The number of nitrogens with one attached hydrogen (secondary N) is 6. The second-order valence-electron chi connectivity index (χ2n) is 19.4. The van der Waals surface area contributed by atoms with Crippen LogP contribution in [0.1, 0.15) is 96.9 Å². The first-order chi connectivity index (χ1) is 36.4. The van der Waals surface area contributed by atoms with Gasteiger partial charge in [0.25, 0.3) is 5.56 Å². The van der Waals surface area contributed by atoms with E-state index >= 15 is 4.39 Å². The molecular formula is C52H59BFN9O13. The molecule has 8 amide bonds. The Hall–Kier alpha value is -7.86. The number of hydrogen-bond acceptors (Lipinski definition) is 14. The average Bonchev–Trinajstić information content (AvgIpc) is 3.97. The molecule has 2 aromatic carbocycles. The van der Waals surface area contributed by atoms with Gasteiger partial charge >= 0.3 is 5.97 Å². The first-order valence-electron chi connectivity index (χ1n) is 25.3. The van der Waals surface area contributed by atoms with E-state index in [0.717, 1.165) is 5.56 Å². The number of hydrogen-bond donors (Lipinski definition) is 7. The Morgan fingerprint density at radius 1 is 0.908 bits per heavy atom. The number of aromatic nitrogens is 2. The molecule has 22 nitrogen and oxygen atoms in total. The summed E-state index contributed by atoms with van der Waals surface area (Å²) >= 11 is 0. The van der Waals surface area contributed by atoms with E-state index in [1.165, 1.54) is 15.5 Å². The number of likely N-dealkylation sites (tertiary alicyclic amines) is 1. The summed E-state index contributed by atoms with van der Waals surface area (Å²) in [6.45, 7) is 0.950. The van der Waals surface area contributed by atoms with Crippen molar-refractivity contribution in [1.82, 2.24) is 46.4 Å². The van der Waals surface area contributed by atoms with Crippen LogP contribution in [0.25, 0.3) is 22.3 Å². The van der Waals surface area contributed by atoms with Gasteiger partial charge in [0.2, 0.25) is 47.3 Å². The molecule has 400 valence electrons. The molecule has 2 aromatic heterocycles.